The molecule has 1 aromatic rings. The van der Waals surface area contributed by atoms with Crippen LogP contribution in [-0.4, -0.2) is 46.0 Å². The average Bonchev–Trinajstić information content (AvgIpc) is 2.49. The SMILES string of the molecule is CN1Cc2cc(C(=O)O)cc(Cl)c2NC(CC(=O)O)C1=O. The Balaban J connectivity index is 2.47. The van der Waals surface area contributed by atoms with Gasteiger partial charge in [0.15, 0.2) is 0 Å². The lowest BCUT2D eigenvalue weighted by molar-refractivity contribution is -0.141. The van der Waals surface area contributed by atoms with Crippen molar-refractivity contribution in [3.63, 3.8) is 0 Å². The number of fused-ring (bicyclic) bond motifs is 1. The molecule has 7 nitrogen and oxygen atoms in total. The van der Waals surface area contributed by atoms with Crippen molar-refractivity contribution in [3.8, 4) is 0 Å². The van der Waals surface area contributed by atoms with Gasteiger partial charge in [0.05, 0.1) is 22.7 Å². The summed E-state index contributed by atoms with van der Waals surface area (Å²) in [5.41, 5.74) is 0.937. The molecule has 21 heavy (non-hydrogen) atoms. The van der Waals surface area contributed by atoms with Crippen LogP contribution in [0.1, 0.15) is 22.3 Å². The predicted octanol–water partition coefficient (Wildman–Crippen LogP) is 1.27. The second kappa shape index (κ2) is 5.61. The summed E-state index contributed by atoms with van der Waals surface area (Å²) in [5, 5.41) is 20.9. The molecule has 0 aliphatic carbocycles. The van der Waals surface area contributed by atoms with Gasteiger partial charge in [0.1, 0.15) is 6.04 Å². The third-order valence-corrected chi connectivity index (χ3v) is 3.50. The van der Waals surface area contributed by atoms with Crippen LogP contribution in [0.25, 0.3) is 0 Å². The van der Waals surface area contributed by atoms with E-state index in [1.165, 1.54) is 24.1 Å². The molecule has 0 aromatic heterocycles. The molecule has 1 amide bonds. The van der Waals surface area contributed by atoms with Crippen LogP contribution in [0.15, 0.2) is 12.1 Å². The van der Waals surface area contributed by atoms with E-state index in [4.69, 9.17) is 21.8 Å². The lowest BCUT2D eigenvalue weighted by atomic mass is 10.1. The smallest absolute Gasteiger partial charge is 0.335 e. The first-order valence-electron chi connectivity index (χ1n) is 6.08. The molecule has 0 saturated heterocycles. The van der Waals surface area contributed by atoms with Crippen molar-refractivity contribution in [1.29, 1.82) is 0 Å². The fourth-order valence-electron chi connectivity index (χ4n) is 2.22. The summed E-state index contributed by atoms with van der Waals surface area (Å²) < 4.78 is 0. The van der Waals surface area contributed by atoms with Crippen LogP contribution in [0.2, 0.25) is 5.02 Å². The maximum absolute atomic E-state index is 12.1. The summed E-state index contributed by atoms with van der Waals surface area (Å²) in [4.78, 5) is 35.4. The normalized spacial score (nSPS) is 17.7. The van der Waals surface area contributed by atoms with E-state index in [0.29, 0.717) is 11.3 Å². The zero-order valence-corrected chi connectivity index (χ0v) is 11.8. The van der Waals surface area contributed by atoms with Crippen molar-refractivity contribution in [3.05, 3.63) is 28.3 Å². The van der Waals surface area contributed by atoms with E-state index in [2.05, 4.69) is 5.32 Å². The van der Waals surface area contributed by atoms with E-state index in [0.717, 1.165) is 0 Å². The Kier molecular flexibility index (Phi) is 4.04. The van der Waals surface area contributed by atoms with E-state index in [1.54, 1.807) is 0 Å². The molecule has 1 aliphatic heterocycles. The summed E-state index contributed by atoms with van der Waals surface area (Å²) in [6, 6.07) is 1.74. The number of aliphatic carboxylic acids is 1. The average molecular weight is 313 g/mol. The first kappa shape index (κ1) is 15.1. The molecule has 112 valence electrons. The molecule has 0 radical (unpaired) electrons. The van der Waals surface area contributed by atoms with Gasteiger partial charge in [0.25, 0.3) is 0 Å². The van der Waals surface area contributed by atoms with E-state index >= 15 is 0 Å². The Morgan fingerprint density at radius 3 is 2.67 bits per heavy atom. The number of halogens is 1. The van der Waals surface area contributed by atoms with Crippen molar-refractivity contribution in [2.24, 2.45) is 0 Å². The number of likely N-dealkylation sites (N-methyl/N-ethyl adjacent to an activating group) is 1. The van der Waals surface area contributed by atoms with Crippen LogP contribution in [0, 0.1) is 0 Å². The molecule has 1 heterocycles. The number of nitrogens with one attached hydrogen (secondary N) is 1. The molecular weight excluding hydrogens is 300 g/mol. The number of amides is 1. The monoisotopic (exact) mass is 312 g/mol. The summed E-state index contributed by atoms with van der Waals surface area (Å²) >= 11 is 6.06. The van der Waals surface area contributed by atoms with Crippen LogP contribution in [0.3, 0.4) is 0 Å². The second-order valence-electron chi connectivity index (χ2n) is 4.79. The Hall–Kier alpha value is -2.28. The molecule has 1 aromatic carbocycles. The van der Waals surface area contributed by atoms with Gasteiger partial charge in [-0.2, -0.15) is 0 Å². The van der Waals surface area contributed by atoms with Gasteiger partial charge in [-0.3, -0.25) is 9.59 Å². The molecule has 0 spiro atoms. The van der Waals surface area contributed by atoms with Gasteiger partial charge in [-0.25, -0.2) is 4.79 Å². The first-order valence-corrected chi connectivity index (χ1v) is 6.46. The maximum Gasteiger partial charge on any atom is 0.335 e. The number of nitrogens with zero attached hydrogens (tertiary/aromatic N) is 1. The number of rotatable bonds is 3. The Bertz CT molecular complexity index is 631. The highest BCUT2D eigenvalue weighted by Crippen LogP contribution is 2.32. The Labute approximate surface area is 125 Å². The van der Waals surface area contributed by atoms with Crippen molar-refractivity contribution in [1.82, 2.24) is 4.90 Å². The highest BCUT2D eigenvalue weighted by atomic mass is 35.5. The minimum absolute atomic E-state index is 0.0121. The lowest BCUT2D eigenvalue weighted by Crippen LogP contribution is -2.39. The molecule has 0 fully saturated rings. The molecule has 0 bridgehead atoms. The summed E-state index contributed by atoms with van der Waals surface area (Å²) in [5.74, 6) is -2.63. The van der Waals surface area contributed by atoms with Gasteiger partial charge >= 0.3 is 11.9 Å². The lowest BCUT2D eigenvalue weighted by Gasteiger charge is -2.19. The zero-order valence-electron chi connectivity index (χ0n) is 11.1. The van der Waals surface area contributed by atoms with E-state index in [9.17, 15) is 14.4 Å². The van der Waals surface area contributed by atoms with Gasteiger partial charge in [-0.05, 0) is 17.7 Å². The maximum atomic E-state index is 12.1. The van der Waals surface area contributed by atoms with Crippen molar-refractivity contribution < 1.29 is 24.6 Å². The van der Waals surface area contributed by atoms with Crippen LogP contribution in [0.5, 0.6) is 0 Å². The highest BCUT2D eigenvalue weighted by molar-refractivity contribution is 6.34. The largest absolute Gasteiger partial charge is 0.481 e. The Morgan fingerprint density at radius 2 is 2.10 bits per heavy atom. The molecule has 0 saturated carbocycles. The number of carboxylic acid groups (broad SMARTS) is 2. The van der Waals surface area contributed by atoms with Crippen LogP contribution in [0.4, 0.5) is 5.69 Å². The molecule has 3 N–H and O–H groups in total. The topological polar surface area (TPSA) is 107 Å². The number of aromatic carboxylic acids is 1. The van der Waals surface area contributed by atoms with Crippen molar-refractivity contribution in [2.45, 2.75) is 19.0 Å². The van der Waals surface area contributed by atoms with E-state index in [-0.39, 0.29) is 29.5 Å². The fourth-order valence-corrected chi connectivity index (χ4v) is 2.52. The van der Waals surface area contributed by atoms with Crippen LogP contribution < -0.4 is 5.32 Å². The van der Waals surface area contributed by atoms with Gasteiger partial charge in [0, 0.05) is 13.6 Å². The van der Waals surface area contributed by atoms with Crippen LogP contribution in [-0.2, 0) is 16.1 Å². The van der Waals surface area contributed by atoms with E-state index < -0.39 is 18.0 Å². The number of hydrogen-bond donors (Lipinski definition) is 3. The molecule has 2 rings (SSSR count). The van der Waals surface area contributed by atoms with Gasteiger partial charge in [0.2, 0.25) is 5.91 Å². The van der Waals surface area contributed by atoms with Gasteiger partial charge < -0.3 is 20.4 Å². The minimum atomic E-state index is -1.12. The standard InChI is InChI=1S/C13H13ClN2O5/c1-16-5-7-2-6(13(20)21)3-8(14)11(7)15-9(12(16)19)4-10(17)18/h2-3,9,15H,4-5H2,1H3,(H,17,18)(H,20,21). The number of carboxylic acids is 2. The Morgan fingerprint density at radius 1 is 1.43 bits per heavy atom. The second-order valence-corrected chi connectivity index (χ2v) is 5.19. The molecule has 8 heteroatoms. The van der Waals surface area contributed by atoms with Gasteiger partial charge in [-0.1, -0.05) is 11.6 Å². The zero-order chi connectivity index (χ0) is 15.7. The quantitative estimate of drug-likeness (QED) is 0.776. The summed E-state index contributed by atoms with van der Waals surface area (Å²) in [7, 11) is 1.52. The van der Waals surface area contributed by atoms with Crippen LogP contribution >= 0.6 is 11.6 Å². The number of carbonyl (C=O) groups excluding carboxylic acids is 1. The number of benzene rings is 1. The molecular formula is C13H13ClN2O5. The number of anilines is 1. The summed E-state index contributed by atoms with van der Waals surface area (Å²) in [6.45, 7) is 0.151. The molecule has 1 aliphatic rings. The van der Waals surface area contributed by atoms with Crippen molar-refractivity contribution in [2.75, 3.05) is 12.4 Å². The fraction of sp³-hybridized carbons (Fsp3) is 0.308. The predicted molar refractivity (Wildman–Crippen MR) is 74.5 cm³/mol. The van der Waals surface area contributed by atoms with Crippen molar-refractivity contribution >= 4 is 35.1 Å². The first-order chi connectivity index (χ1) is 9.79. The number of hydrogen-bond acceptors (Lipinski definition) is 4. The third kappa shape index (κ3) is 3.08. The van der Waals surface area contributed by atoms with Gasteiger partial charge in [-0.15, -0.1) is 0 Å². The number of carbonyl (C=O) groups is 3. The summed E-state index contributed by atoms with van der Waals surface area (Å²) in [6.07, 6.45) is -0.389. The third-order valence-electron chi connectivity index (χ3n) is 3.20. The highest BCUT2D eigenvalue weighted by Gasteiger charge is 2.30. The van der Waals surface area contributed by atoms with E-state index in [1.807, 2.05) is 0 Å². The minimum Gasteiger partial charge on any atom is -0.481 e. The molecule has 1 unspecified atom stereocenters. The molecule has 1 atom stereocenters.